The molecule has 5 heteroatoms. The fourth-order valence-electron chi connectivity index (χ4n) is 2.24. The van der Waals surface area contributed by atoms with Crippen molar-refractivity contribution in [3.05, 3.63) is 21.3 Å². The average Bonchev–Trinajstić information content (AvgIpc) is 2.97. The first-order valence-corrected chi connectivity index (χ1v) is 7.53. The second kappa shape index (κ2) is 6.55. The smallest absolute Gasteiger partial charge is 0.222 e. The Balaban J connectivity index is 1.74. The van der Waals surface area contributed by atoms with Crippen molar-refractivity contribution in [2.75, 3.05) is 20.1 Å². The van der Waals surface area contributed by atoms with Crippen LogP contribution in [0.25, 0.3) is 0 Å². The van der Waals surface area contributed by atoms with Crippen LogP contribution in [0.15, 0.2) is 12.1 Å². The minimum atomic E-state index is 0.228. The number of hydrogen-bond donors (Lipinski definition) is 1. The quantitative estimate of drug-likeness (QED) is 0.903. The minimum absolute atomic E-state index is 0.228. The Morgan fingerprint density at radius 3 is 3.06 bits per heavy atom. The molecule has 1 aromatic rings. The maximum atomic E-state index is 12.0. The van der Waals surface area contributed by atoms with Crippen LogP contribution < -0.4 is 5.32 Å². The predicted octanol–water partition coefficient (Wildman–Crippen LogP) is 2.75. The van der Waals surface area contributed by atoms with E-state index in [0.717, 1.165) is 28.7 Å². The third-order valence-electron chi connectivity index (χ3n) is 3.38. The first-order chi connectivity index (χ1) is 8.65. The van der Waals surface area contributed by atoms with E-state index >= 15 is 0 Å². The van der Waals surface area contributed by atoms with E-state index in [1.54, 1.807) is 4.90 Å². The van der Waals surface area contributed by atoms with Crippen molar-refractivity contribution in [3.8, 4) is 0 Å². The molecule has 1 N–H and O–H groups in total. The summed E-state index contributed by atoms with van der Waals surface area (Å²) in [6.45, 7) is 2.83. The highest BCUT2D eigenvalue weighted by atomic mass is 35.5. The van der Waals surface area contributed by atoms with Crippen molar-refractivity contribution >= 4 is 28.8 Å². The predicted molar refractivity (Wildman–Crippen MR) is 76.0 cm³/mol. The Labute approximate surface area is 117 Å². The van der Waals surface area contributed by atoms with Crippen LogP contribution in [0.5, 0.6) is 0 Å². The molecule has 1 aromatic heterocycles. The van der Waals surface area contributed by atoms with E-state index in [2.05, 4.69) is 5.32 Å². The zero-order valence-electron chi connectivity index (χ0n) is 10.6. The fourth-order valence-corrected chi connectivity index (χ4v) is 3.38. The Morgan fingerprint density at radius 2 is 2.44 bits per heavy atom. The monoisotopic (exact) mass is 286 g/mol. The third kappa shape index (κ3) is 3.97. The molecule has 1 aliphatic rings. The van der Waals surface area contributed by atoms with Gasteiger partial charge in [-0.3, -0.25) is 4.79 Å². The molecule has 3 nitrogen and oxygen atoms in total. The van der Waals surface area contributed by atoms with Crippen molar-refractivity contribution in [2.45, 2.75) is 25.8 Å². The van der Waals surface area contributed by atoms with Crippen molar-refractivity contribution in [1.82, 2.24) is 10.2 Å². The molecular formula is C13H19ClN2OS. The highest BCUT2D eigenvalue weighted by molar-refractivity contribution is 7.16. The summed E-state index contributed by atoms with van der Waals surface area (Å²) < 4.78 is 0.780. The lowest BCUT2D eigenvalue weighted by Crippen LogP contribution is -2.26. The molecule has 0 spiro atoms. The van der Waals surface area contributed by atoms with E-state index in [1.807, 2.05) is 19.2 Å². The first-order valence-electron chi connectivity index (χ1n) is 6.34. The van der Waals surface area contributed by atoms with Gasteiger partial charge < -0.3 is 10.2 Å². The van der Waals surface area contributed by atoms with Gasteiger partial charge in [0, 0.05) is 18.3 Å². The second-order valence-corrected chi connectivity index (χ2v) is 6.65. The second-order valence-electron chi connectivity index (χ2n) is 4.85. The van der Waals surface area contributed by atoms with Gasteiger partial charge in [0.05, 0.1) is 10.9 Å². The number of halogens is 1. The van der Waals surface area contributed by atoms with Crippen LogP contribution in [0.2, 0.25) is 4.34 Å². The number of nitrogens with one attached hydrogen (secondary N) is 1. The molecule has 100 valence electrons. The van der Waals surface area contributed by atoms with Gasteiger partial charge in [-0.15, -0.1) is 11.3 Å². The Morgan fingerprint density at radius 1 is 1.61 bits per heavy atom. The van der Waals surface area contributed by atoms with Gasteiger partial charge in [-0.25, -0.2) is 0 Å². The highest BCUT2D eigenvalue weighted by Crippen LogP contribution is 2.23. The first kappa shape index (κ1) is 13.8. The average molecular weight is 287 g/mol. The molecule has 1 unspecified atom stereocenters. The van der Waals surface area contributed by atoms with E-state index in [1.165, 1.54) is 17.8 Å². The molecule has 1 fully saturated rings. The summed E-state index contributed by atoms with van der Waals surface area (Å²) in [5, 5.41) is 3.33. The molecule has 1 atom stereocenters. The van der Waals surface area contributed by atoms with Crippen LogP contribution in [0.1, 0.15) is 24.1 Å². The van der Waals surface area contributed by atoms with Crippen LogP contribution >= 0.6 is 22.9 Å². The number of thiophene rings is 1. The molecule has 0 bridgehead atoms. The van der Waals surface area contributed by atoms with Gasteiger partial charge in [0.1, 0.15) is 0 Å². The number of amides is 1. The van der Waals surface area contributed by atoms with Crippen molar-refractivity contribution in [1.29, 1.82) is 0 Å². The Hall–Kier alpha value is -0.580. The van der Waals surface area contributed by atoms with Crippen LogP contribution in [-0.2, 0) is 11.3 Å². The summed E-state index contributed by atoms with van der Waals surface area (Å²) in [6.07, 6.45) is 2.86. The normalized spacial score (nSPS) is 19.1. The van der Waals surface area contributed by atoms with E-state index in [-0.39, 0.29) is 5.91 Å². The van der Waals surface area contributed by atoms with Gasteiger partial charge >= 0.3 is 0 Å². The van der Waals surface area contributed by atoms with E-state index in [4.69, 9.17) is 11.6 Å². The number of rotatable bonds is 5. The Kier molecular flexibility index (Phi) is 5.03. The summed E-state index contributed by atoms with van der Waals surface area (Å²) >= 11 is 7.42. The topological polar surface area (TPSA) is 32.3 Å². The van der Waals surface area contributed by atoms with Crippen LogP contribution in [0, 0.1) is 5.92 Å². The van der Waals surface area contributed by atoms with Crippen molar-refractivity contribution < 1.29 is 4.79 Å². The van der Waals surface area contributed by atoms with Crippen LogP contribution in [-0.4, -0.2) is 30.9 Å². The maximum Gasteiger partial charge on any atom is 0.222 e. The number of carbonyl (C=O) groups is 1. The van der Waals surface area contributed by atoms with Gasteiger partial charge in [-0.2, -0.15) is 0 Å². The summed E-state index contributed by atoms with van der Waals surface area (Å²) in [7, 11) is 1.86. The molecule has 1 aliphatic heterocycles. The number of carbonyl (C=O) groups excluding carboxylic acids is 1. The van der Waals surface area contributed by atoms with Gasteiger partial charge in [-0.1, -0.05) is 11.6 Å². The lowest BCUT2D eigenvalue weighted by atomic mass is 10.0. The summed E-state index contributed by atoms with van der Waals surface area (Å²) in [5.74, 6) is 0.907. The zero-order valence-corrected chi connectivity index (χ0v) is 12.2. The summed E-state index contributed by atoms with van der Waals surface area (Å²) in [5.41, 5.74) is 0. The zero-order chi connectivity index (χ0) is 13.0. The molecule has 0 aliphatic carbocycles. The van der Waals surface area contributed by atoms with Gasteiger partial charge in [0.25, 0.3) is 0 Å². The molecule has 1 saturated heterocycles. The maximum absolute atomic E-state index is 12.0. The van der Waals surface area contributed by atoms with Crippen molar-refractivity contribution in [3.63, 3.8) is 0 Å². The molecule has 18 heavy (non-hydrogen) atoms. The van der Waals surface area contributed by atoms with Gasteiger partial charge in [0.15, 0.2) is 0 Å². The molecule has 0 saturated carbocycles. The molecule has 2 heterocycles. The minimum Gasteiger partial charge on any atom is -0.341 e. The number of hydrogen-bond acceptors (Lipinski definition) is 3. The molecule has 0 radical (unpaired) electrons. The fraction of sp³-hybridized carbons (Fsp3) is 0.615. The summed E-state index contributed by atoms with van der Waals surface area (Å²) in [4.78, 5) is 14.9. The lowest BCUT2D eigenvalue weighted by molar-refractivity contribution is -0.130. The third-order valence-corrected chi connectivity index (χ3v) is 4.59. The summed E-state index contributed by atoms with van der Waals surface area (Å²) in [6, 6.07) is 3.86. The molecule has 1 amide bonds. The van der Waals surface area contributed by atoms with E-state index < -0.39 is 0 Å². The van der Waals surface area contributed by atoms with Crippen LogP contribution in [0.4, 0.5) is 0 Å². The molecule has 0 aromatic carbocycles. The Bertz CT molecular complexity index is 401. The van der Waals surface area contributed by atoms with Crippen LogP contribution in [0.3, 0.4) is 0 Å². The lowest BCUT2D eigenvalue weighted by Gasteiger charge is -2.17. The standard InChI is InChI=1S/C13H19ClN2OS/c1-16(9-11-3-4-12(14)18-11)13(17)5-2-10-6-7-15-8-10/h3-4,10,15H,2,5-9H2,1H3. The van der Waals surface area contributed by atoms with Gasteiger partial charge in [-0.05, 0) is 44.0 Å². The highest BCUT2D eigenvalue weighted by Gasteiger charge is 2.17. The molecular weight excluding hydrogens is 268 g/mol. The van der Waals surface area contributed by atoms with E-state index in [0.29, 0.717) is 18.9 Å². The number of nitrogens with zero attached hydrogens (tertiary/aromatic N) is 1. The van der Waals surface area contributed by atoms with E-state index in [9.17, 15) is 4.79 Å². The largest absolute Gasteiger partial charge is 0.341 e. The van der Waals surface area contributed by atoms with Gasteiger partial charge in [0.2, 0.25) is 5.91 Å². The SMILES string of the molecule is CN(Cc1ccc(Cl)s1)C(=O)CCC1CCNC1. The van der Waals surface area contributed by atoms with Crippen molar-refractivity contribution in [2.24, 2.45) is 5.92 Å². The molecule has 2 rings (SSSR count).